The van der Waals surface area contributed by atoms with Gasteiger partial charge in [0.1, 0.15) is 5.82 Å². The number of hydrogen-bond donors (Lipinski definition) is 0. The second kappa shape index (κ2) is 7.97. The summed E-state index contributed by atoms with van der Waals surface area (Å²) in [6.07, 6.45) is 0.480. The van der Waals surface area contributed by atoms with Crippen LogP contribution in [0.15, 0.2) is 54.6 Å². The quantitative estimate of drug-likeness (QED) is 0.551. The lowest BCUT2D eigenvalue weighted by Gasteiger charge is -2.33. The molecule has 30 heavy (non-hydrogen) atoms. The fraction of sp³-hybridized carbons (Fsp3) is 0.304. The Hall–Kier alpha value is -3.09. The van der Waals surface area contributed by atoms with Gasteiger partial charge in [-0.3, -0.25) is 4.79 Å². The molecule has 0 atom stereocenters. The predicted molar refractivity (Wildman–Crippen MR) is 110 cm³/mol. The van der Waals surface area contributed by atoms with E-state index in [2.05, 4.69) is 4.98 Å². The van der Waals surface area contributed by atoms with Crippen molar-refractivity contribution in [1.29, 1.82) is 0 Å². The summed E-state index contributed by atoms with van der Waals surface area (Å²) in [4.78, 5) is 18.7. The van der Waals surface area contributed by atoms with Crippen LogP contribution in [0.1, 0.15) is 35.8 Å². The van der Waals surface area contributed by atoms with Gasteiger partial charge in [-0.1, -0.05) is 30.3 Å². The number of alkyl halides is 3. The first-order valence-corrected chi connectivity index (χ1v) is 9.91. The first kappa shape index (κ1) is 20.2. The van der Waals surface area contributed by atoms with E-state index in [4.69, 9.17) is 0 Å². The molecule has 4 nitrogen and oxygen atoms in total. The molecule has 0 aliphatic carbocycles. The van der Waals surface area contributed by atoms with E-state index in [1.54, 1.807) is 12.2 Å². The monoisotopic (exact) mass is 413 g/mol. The maximum absolute atomic E-state index is 13.0. The number of amides is 1. The third-order valence-electron chi connectivity index (χ3n) is 5.55. The van der Waals surface area contributed by atoms with Gasteiger partial charge in [-0.05, 0) is 49.6 Å². The van der Waals surface area contributed by atoms with Crippen LogP contribution < -0.4 is 0 Å². The number of benzene rings is 2. The highest BCUT2D eigenvalue weighted by molar-refractivity contribution is 5.91. The molecule has 0 bridgehead atoms. The van der Waals surface area contributed by atoms with E-state index in [-0.39, 0.29) is 11.9 Å². The summed E-state index contributed by atoms with van der Waals surface area (Å²) >= 11 is 0. The summed E-state index contributed by atoms with van der Waals surface area (Å²) in [5.41, 5.74) is 1.34. The first-order chi connectivity index (χ1) is 14.3. The van der Waals surface area contributed by atoms with Crippen molar-refractivity contribution in [3.63, 3.8) is 0 Å². The minimum absolute atomic E-state index is 0.0284. The molecule has 0 N–H and O–H groups in total. The summed E-state index contributed by atoms with van der Waals surface area (Å²) in [6.45, 7) is 3.01. The fourth-order valence-electron chi connectivity index (χ4n) is 4.04. The van der Waals surface area contributed by atoms with Crippen molar-refractivity contribution in [3.8, 4) is 0 Å². The third-order valence-corrected chi connectivity index (χ3v) is 5.55. The zero-order valence-corrected chi connectivity index (χ0v) is 16.6. The maximum atomic E-state index is 13.0. The molecular formula is C23H22F3N3O. The Bertz CT molecular complexity index is 1080. The van der Waals surface area contributed by atoms with Crippen molar-refractivity contribution in [2.24, 2.45) is 0 Å². The lowest BCUT2D eigenvalue weighted by atomic mass is 10.0. The van der Waals surface area contributed by atoms with Crippen molar-refractivity contribution in [2.45, 2.75) is 32.0 Å². The number of fused-ring (bicyclic) bond motifs is 1. The summed E-state index contributed by atoms with van der Waals surface area (Å²) < 4.78 is 41.0. The van der Waals surface area contributed by atoms with Gasteiger partial charge in [-0.15, -0.1) is 0 Å². The molecule has 1 aliphatic heterocycles. The highest BCUT2D eigenvalue weighted by atomic mass is 19.4. The van der Waals surface area contributed by atoms with Crippen LogP contribution in [0.3, 0.4) is 0 Å². The molecule has 2 heterocycles. The second-order valence-corrected chi connectivity index (χ2v) is 7.53. The lowest BCUT2D eigenvalue weighted by molar-refractivity contribution is -0.137. The largest absolute Gasteiger partial charge is 0.416 e. The molecule has 3 aromatic rings. The number of aromatic nitrogens is 2. The highest BCUT2D eigenvalue weighted by Crippen LogP contribution is 2.34. The van der Waals surface area contributed by atoms with Crippen LogP contribution in [-0.4, -0.2) is 33.4 Å². The van der Waals surface area contributed by atoms with E-state index < -0.39 is 11.7 Å². The zero-order chi connectivity index (χ0) is 21.3. The maximum Gasteiger partial charge on any atom is 0.416 e. The van der Waals surface area contributed by atoms with E-state index in [0.717, 1.165) is 30.5 Å². The molecule has 7 heteroatoms. The van der Waals surface area contributed by atoms with Crippen LogP contribution in [0, 0.1) is 6.92 Å². The number of piperidine rings is 1. The Kier molecular flexibility index (Phi) is 5.37. The topological polar surface area (TPSA) is 38.1 Å². The number of likely N-dealkylation sites (tertiary alicyclic amines) is 1. The normalized spacial score (nSPS) is 15.9. The molecule has 1 fully saturated rings. The van der Waals surface area contributed by atoms with E-state index in [1.165, 1.54) is 6.07 Å². The van der Waals surface area contributed by atoms with E-state index in [1.807, 2.05) is 46.7 Å². The van der Waals surface area contributed by atoms with Gasteiger partial charge in [0.15, 0.2) is 0 Å². The Morgan fingerprint density at radius 2 is 1.80 bits per heavy atom. The van der Waals surface area contributed by atoms with Crippen LogP contribution in [0.4, 0.5) is 13.2 Å². The average molecular weight is 413 g/mol. The molecule has 1 saturated heterocycles. The van der Waals surface area contributed by atoms with Crippen LogP contribution in [0.2, 0.25) is 0 Å². The summed E-state index contributed by atoms with van der Waals surface area (Å²) in [6, 6.07) is 13.5. The molecule has 0 spiro atoms. The van der Waals surface area contributed by atoms with Crippen molar-refractivity contribution < 1.29 is 18.0 Å². The van der Waals surface area contributed by atoms with Gasteiger partial charge in [0, 0.05) is 25.2 Å². The van der Waals surface area contributed by atoms with E-state index in [9.17, 15) is 18.0 Å². The van der Waals surface area contributed by atoms with Crippen molar-refractivity contribution in [2.75, 3.05) is 13.1 Å². The molecule has 2 aromatic carbocycles. The van der Waals surface area contributed by atoms with Gasteiger partial charge in [-0.25, -0.2) is 4.98 Å². The van der Waals surface area contributed by atoms with Crippen LogP contribution >= 0.6 is 0 Å². The third kappa shape index (κ3) is 4.10. The first-order valence-electron chi connectivity index (χ1n) is 9.91. The van der Waals surface area contributed by atoms with Gasteiger partial charge >= 0.3 is 6.18 Å². The molecule has 1 aliphatic rings. The lowest BCUT2D eigenvalue weighted by Crippen LogP contribution is -2.38. The highest BCUT2D eigenvalue weighted by Gasteiger charge is 2.31. The minimum atomic E-state index is -4.38. The average Bonchev–Trinajstić information content (AvgIpc) is 3.07. The van der Waals surface area contributed by atoms with Gasteiger partial charge in [0.2, 0.25) is 5.91 Å². The minimum Gasteiger partial charge on any atom is -0.339 e. The Morgan fingerprint density at radius 3 is 2.47 bits per heavy atom. The molecular weight excluding hydrogens is 391 g/mol. The van der Waals surface area contributed by atoms with Gasteiger partial charge in [0.25, 0.3) is 0 Å². The number of nitrogens with zero attached hydrogens (tertiary/aromatic N) is 3. The van der Waals surface area contributed by atoms with Crippen LogP contribution in [-0.2, 0) is 11.0 Å². The zero-order valence-electron chi connectivity index (χ0n) is 16.6. The number of carbonyl (C=O) groups is 1. The number of carbonyl (C=O) groups excluding carboxylic acids is 1. The molecule has 0 saturated carbocycles. The predicted octanol–water partition coefficient (Wildman–Crippen LogP) is 5.24. The van der Waals surface area contributed by atoms with Gasteiger partial charge in [0.05, 0.1) is 16.6 Å². The number of aryl methyl sites for hydroxylation is 1. The van der Waals surface area contributed by atoms with E-state index in [0.29, 0.717) is 29.9 Å². The van der Waals surface area contributed by atoms with Gasteiger partial charge < -0.3 is 9.47 Å². The Morgan fingerprint density at radius 1 is 1.10 bits per heavy atom. The molecule has 156 valence electrons. The number of rotatable bonds is 3. The number of halogens is 3. The van der Waals surface area contributed by atoms with Crippen molar-refractivity contribution in [3.05, 3.63) is 71.6 Å². The Labute approximate surface area is 172 Å². The number of hydrogen-bond acceptors (Lipinski definition) is 2. The molecule has 0 radical (unpaired) electrons. The number of imidazole rings is 1. The summed E-state index contributed by atoms with van der Waals surface area (Å²) in [5.74, 6) is 0.664. The standard InChI is InChI=1S/C23H22F3N3O/c1-16-27-20-15-18(23(24,25)26)8-9-21(20)29(16)19-11-13-28(14-12-19)22(30)10-7-17-5-3-2-4-6-17/h2-10,15,19H,11-14H2,1H3. The smallest absolute Gasteiger partial charge is 0.339 e. The Balaban J connectivity index is 1.46. The summed E-state index contributed by atoms with van der Waals surface area (Å²) in [5, 5.41) is 0. The molecule has 4 rings (SSSR count). The van der Waals surface area contributed by atoms with Crippen molar-refractivity contribution >= 4 is 23.0 Å². The fourth-order valence-corrected chi connectivity index (χ4v) is 4.04. The molecule has 0 unspecified atom stereocenters. The van der Waals surface area contributed by atoms with Crippen LogP contribution in [0.5, 0.6) is 0 Å². The van der Waals surface area contributed by atoms with E-state index >= 15 is 0 Å². The summed E-state index contributed by atoms with van der Waals surface area (Å²) in [7, 11) is 0. The SMILES string of the molecule is Cc1nc2cc(C(F)(F)F)ccc2n1C1CCN(C(=O)C=Cc2ccccc2)CC1. The second-order valence-electron chi connectivity index (χ2n) is 7.53. The molecule has 1 aromatic heterocycles. The van der Waals surface area contributed by atoms with Gasteiger partial charge in [-0.2, -0.15) is 13.2 Å². The van der Waals surface area contributed by atoms with Crippen LogP contribution in [0.25, 0.3) is 17.1 Å². The molecule has 1 amide bonds. The van der Waals surface area contributed by atoms with Crippen molar-refractivity contribution in [1.82, 2.24) is 14.5 Å².